The number of carbonyl (C=O) groups excluding carboxylic acids is 5. The largest absolute Gasteiger partial charge is 0.496 e. The van der Waals surface area contributed by atoms with Crippen molar-refractivity contribution in [1.82, 2.24) is 29.6 Å². The molecule has 2 saturated heterocycles. The molecule has 4 aliphatic heterocycles. The highest BCUT2D eigenvalue weighted by molar-refractivity contribution is 6.23. The van der Waals surface area contributed by atoms with E-state index in [4.69, 9.17) is 9.47 Å². The Morgan fingerprint density at radius 3 is 2.08 bits per heavy atom. The molecule has 0 bridgehead atoms. The van der Waals surface area contributed by atoms with Crippen molar-refractivity contribution in [2.24, 2.45) is 17.3 Å². The van der Waals surface area contributed by atoms with Gasteiger partial charge in [-0.15, -0.1) is 0 Å². The summed E-state index contributed by atoms with van der Waals surface area (Å²) >= 11 is 0. The Morgan fingerprint density at radius 1 is 0.852 bits per heavy atom. The molecule has 2 aromatic heterocycles. The maximum absolute atomic E-state index is 14.3. The van der Waals surface area contributed by atoms with Gasteiger partial charge >= 0.3 is 0 Å². The zero-order valence-electron chi connectivity index (χ0n) is 35.3. The second-order valence-electron chi connectivity index (χ2n) is 18.1. The van der Waals surface area contributed by atoms with E-state index < -0.39 is 29.7 Å². The van der Waals surface area contributed by atoms with Gasteiger partial charge < -0.3 is 18.9 Å². The van der Waals surface area contributed by atoms with Crippen LogP contribution in [0.1, 0.15) is 107 Å². The Labute approximate surface area is 354 Å². The van der Waals surface area contributed by atoms with E-state index in [0.717, 1.165) is 77.6 Å². The lowest BCUT2D eigenvalue weighted by atomic mass is 9.65. The SMILES string of the molecule is COc1cc(-c2cn(CC(C)C)c(=O)c3cnccc23)cc(OC)c1C(=O)N1CCC2(CCC(CN3Cc4cc5c(cc4C3)C(=O)N(C3CCC(=O)NC3=O)C5=O)CC2)CC1. The van der Waals surface area contributed by atoms with Crippen LogP contribution in [0.4, 0.5) is 0 Å². The van der Waals surface area contributed by atoms with E-state index >= 15 is 0 Å². The average molecular weight is 829 g/mol. The minimum Gasteiger partial charge on any atom is -0.496 e. The van der Waals surface area contributed by atoms with Gasteiger partial charge in [0.1, 0.15) is 23.1 Å². The molecule has 1 spiro atoms. The van der Waals surface area contributed by atoms with Crippen LogP contribution in [0.5, 0.6) is 11.5 Å². The Balaban J connectivity index is 0.826. The number of piperidine rings is 2. The summed E-state index contributed by atoms with van der Waals surface area (Å²) in [5, 5.41) is 3.55. The Kier molecular flexibility index (Phi) is 10.5. The minimum absolute atomic E-state index is 0.0915. The van der Waals surface area contributed by atoms with Gasteiger partial charge in [0, 0.05) is 69.8 Å². The molecule has 5 aliphatic rings. The fourth-order valence-corrected chi connectivity index (χ4v) is 10.5. The maximum Gasteiger partial charge on any atom is 0.262 e. The van der Waals surface area contributed by atoms with Crippen molar-refractivity contribution in [1.29, 1.82) is 0 Å². The van der Waals surface area contributed by atoms with Crippen LogP contribution >= 0.6 is 0 Å². The number of imide groups is 2. The molecule has 14 heteroatoms. The second kappa shape index (κ2) is 15.9. The summed E-state index contributed by atoms with van der Waals surface area (Å²) in [4.78, 5) is 88.2. The number of likely N-dealkylation sites (tertiary alicyclic amines) is 1. The molecule has 4 aromatic rings. The van der Waals surface area contributed by atoms with Gasteiger partial charge in [0.25, 0.3) is 23.3 Å². The second-order valence-corrected chi connectivity index (χ2v) is 18.1. The number of methoxy groups -OCH3 is 2. The molecule has 2 aromatic carbocycles. The molecular weight excluding hydrogens is 777 g/mol. The molecule has 3 fully saturated rings. The van der Waals surface area contributed by atoms with Crippen LogP contribution in [-0.2, 0) is 29.2 Å². The number of rotatable bonds is 9. The third kappa shape index (κ3) is 7.28. The molecule has 14 nitrogen and oxygen atoms in total. The smallest absolute Gasteiger partial charge is 0.262 e. The molecule has 1 unspecified atom stereocenters. The van der Waals surface area contributed by atoms with Gasteiger partial charge in [-0.25, -0.2) is 0 Å². The Hall–Kier alpha value is -5.89. The highest BCUT2D eigenvalue weighted by Crippen LogP contribution is 2.48. The summed E-state index contributed by atoms with van der Waals surface area (Å²) in [5.41, 5.74) is 4.85. The monoisotopic (exact) mass is 828 g/mol. The first-order valence-electron chi connectivity index (χ1n) is 21.5. The number of hydrogen-bond acceptors (Lipinski definition) is 10. The number of nitrogens with zero attached hydrogens (tertiary/aromatic N) is 5. The van der Waals surface area contributed by atoms with Crippen LogP contribution in [0, 0.1) is 17.3 Å². The third-order valence-corrected chi connectivity index (χ3v) is 13.8. The summed E-state index contributed by atoms with van der Waals surface area (Å²) in [7, 11) is 3.13. The first-order chi connectivity index (χ1) is 29.4. The van der Waals surface area contributed by atoms with E-state index in [2.05, 4.69) is 29.0 Å². The summed E-state index contributed by atoms with van der Waals surface area (Å²) in [6.07, 6.45) is 11.7. The number of nitrogens with one attached hydrogen (secondary N) is 1. The van der Waals surface area contributed by atoms with Crippen molar-refractivity contribution >= 4 is 40.3 Å². The molecule has 9 rings (SSSR count). The van der Waals surface area contributed by atoms with Crippen LogP contribution in [-0.4, -0.2) is 93.7 Å². The predicted octanol–water partition coefficient (Wildman–Crippen LogP) is 5.57. The van der Waals surface area contributed by atoms with Gasteiger partial charge in [0.2, 0.25) is 11.8 Å². The van der Waals surface area contributed by atoms with Gasteiger partial charge in [-0.3, -0.25) is 48.9 Å². The topological polar surface area (TPSA) is 160 Å². The molecule has 61 heavy (non-hydrogen) atoms. The summed E-state index contributed by atoms with van der Waals surface area (Å²) in [6, 6.07) is 8.26. The predicted molar refractivity (Wildman–Crippen MR) is 226 cm³/mol. The van der Waals surface area contributed by atoms with Gasteiger partial charge in [0.05, 0.1) is 30.7 Å². The van der Waals surface area contributed by atoms with Crippen molar-refractivity contribution in [3.8, 4) is 22.6 Å². The van der Waals surface area contributed by atoms with E-state index in [1.165, 1.54) is 0 Å². The molecule has 318 valence electrons. The van der Waals surface area contributed by atoms with Crippen molar-refractivity contribution in [3.63, 3.8) is 0 Å². The van der Waals surface area contributed by atoms with Crippen molar-refractivity contribution in [2.45, 2.75) is 90.9 Å². The fourth-order valence-electron chi connectivity index (χ4n) is 10.5. The van der Waals surface area contributed by atoms with E-state index in [1.54, 1.807) is 31.2 Å². The van der Waals surface area contributed by atoms with Gasteiger partial charge in [-0.1, -0.05) is 13.8 Å². The summed E-state index contributed by atoms with van der Waals surface area (Å²) in [5.74, 6) is -0.419. The number of fused-ring (bicyclic) bond motifs is 3. The maximum atomic E-state index is 14.3. The number of hydrogen-bond donors (Lipinski definition) is 1. The Morgan fingerprint density at radius 2 is 1.49 bits per heavy atom. The molecule has 6 heterocycles. The fraction of sp³-hybridized carbons (Fsp3) is 0.468. The molecular formula is C47H52N6O8. The van der Waals surface area contributed by atoms with E-state index in [1.807, 2.05) is 41.4 Å². The standard InChI is InChI=1S/C47H52N6O8/c1-27(2)22-52-26-36(32-9-14-48-21-35(32)43(52)56)29-19-38(60-3)41(39(20-29)61-4)46(59)51-15-12-47(13-16-51)10-7-28(8-11-47)23-50-24-30-17-33-34(18-31(30)25-50)45(58)53(44(33)57)37-5-6-40(54)49-42(37)55/h9,14,17-21,26-28,37H,5-8,10-13,15-16,22-25H2,1-4H3,(H,49,54,55). The number of pyridine rings is 2. The zero-order valence-corrected chi connectivity index (χ0v) is 35.3. The van der Waals surface area contributed by atoms with E-state index in [-0.39, 0.29) is 35.6 Å². The van der Waals surface area contributed by atoms with Crippen molar-refractivity contribution in [3.05, 3.63) is 87.1 Å². The van der Waals surface area contributed by atoms with Crippen LogP contribution in [0.15, 0.2) is 53.7 Å². The van der Waals surface area contributed by atoms with Crippen LogP contribution in [0.3, 0.4) is 0 Å². The first-order valence-corrected chi connectivity index (χ1v) is 21.5. The molecule has 1 aliphatic carbocycles. The first kappa shape index (κ1) is 40.5. The highest BCUT2D eigenvalue weighted by Gasteiger charge is 2.46. The highest BCUT2D eigenvalue weighted by atomic mass is 16.5. The van der Waals surface area contributed by atoms with Crippen LogP contribution in [0.2, 0.25) is 0 Å². The van der Waals surface area contributed by atoms with Gasteiger partial charge in [-0.05, 0) is 115 Å². The lowest BCUT2D eigenvalue weighted by Crippen LogP contribution is -2.54. The van der Waals surface area contributed by atoms with Gasteiger partial charge in [0.15, 0.2) is 0 Å². The molecule has 1 saturated carbocycles. The molecule has 5 amide bonds. The quantitative estimate of drug-likeness (QED) is 0.212. The number of amides is 5. The lowest BCUT2D eigenvalue weighted by molar-refractivity contribution is -0.136. The summed E-state index contributed by atoms with van der Waals surface area (Å²) < 4.78 is 13.5. The lowest BCUT2D eigenvalue weighted by Gasteiger charge is -2.46. The third-order valence-electron chi connectivity index (χ3n) is 13.8. The zero-order chi connectivity index (χ0) is 42.7. The van der Waals surface area contributed by atoms with Crippen molar-refractivity contribution < 1.29 is 33.4 Å². The number of benzene rings is 2. The molecule has 1 N–H and O–H groups in total. The number of ether oxygens (including phenoxy) is 2. The van der Waals surface area contributed by atoms with E-state index in [9.17, 15) is 28.8 Å². The summed E-state index contributed by atoms with van der Waals surface area (Å²) in [6.45, 7) is 8.34. The molecule has 1 atom stereocenters. The van der Waals surface area contributed by atoms with Gasteiger partial charge in [-0.2, -0.15) is 0 Å². The van der Waals surface area contributed by atoms with Crippen LogP contribution < -0.4 is 20.3 Å². The number of carbonyl (C=O) groups is 5. The average Bonchev–Trinajstić information content (AvgIpc) is 3.76. The normalized spacial score (nSPS) is 20.4. The van der Waals surface area contributed by atoms with Crippen molar-refractivity contribution in [2.75, 3.05) is 33.9 Å². The minimum atomic E-state index is -0.970. The van der Waals surface area contributed by atoms with E-state index in [0.29, 0.717) is 72.2 Å². The Bertz CT molecular complexity index is 2480. The molecule has 0 radical (unpaired) electrons. The number of aromatic nitrogens is 2. The van der Waals surface area contributed by atoms with Crippen LogP contribution in [0.25, 0.3) is 21.9 Å².